The van der Waals surface area contributed by atoms with Crippen molar-refractivity contribution in [1.29, 1.82) is 0 Å². The van der Waals surface area contributed by atoms with Crippen LogP contribution in [0.4, 0.5) is 5.69 Å². The maximum Gasteiger partial charge on any atom is 0.348 e. The van der Waals surface area contributed by atoms with Gasteiger partial charge in [-0.3, -0.25) is 4.79 Å². The Labute approximate surface area is 148 Å². The number of para-hydroxylation sites is 2. The Bertz CT molecular complexity index is 715. The van der Waals surface area contributed by atoms with Crippen LogP contribution in [0.15, 0.2) is 54.6 Å². The minimum absolute atomic E-state index is 0.378. The zero-order chi connectivity index (χ0) is 18.2. The van der Waals surface area contributed by atoms with Gasteiger partial charge in [0.25, 0.3) is 5.91 Å². The van der Waals surface area contributed by atoms with Gasteiger partial charge in [-0.1, -0.05) is 43.3 Å². The summed E-state index contributed by atoms with van der Waals surface area (Å²) in [6, 6.07) is 16.5. The summed E-state index contributed by atoms with van der Waals surface area (Å²) in [5.74, 6) is -0.348. The Hall–Kier alpha value is -2.82. The van der Waals surface area contributed by atoms with E-state index in [1.807, 2.05) is 50.2 Å². The molecule has 5 nitrogen and oxygen atoms in total. The number of esters is 1. The summed E-state index contributed by atoms with van der Waals surface area (Å²) in [6.07, 6.45) is -1.23. The maximum absolute atomic E-state index is 12.3. The lowest BCUT2D eigenvalue weighted by Gasteiger charge is -2.19. The molecule has 1 amide bonds. The molecule has 0 unspecified atom stereocenters. The van der Waals surface area contributed by atoms with E-state index in [-0.39, 0.29) is 5.91 Å². The molecule has 0 saturated carbocycles. The van der Waals surface area contributed by atoms with Gasteiger partial charge >= 0.3 is 5.97 Å². The van der Waals surface area contributed by atoms with Crippen LogP contribution in [0.5, 0.6) is 5.75 Å². The van der Waals surface area contributed by atoms with Gasteiger partial charge in [0.2, 0.25) is 0 Å². The molecule has 2 atom stereocenters. The summed E-state index contributed by atoms with van der Waals surface area (Å²) >= 11 is 0. The van der Waals surface area contributed by atoms with Gasteiger partial charge in [0.05, 0.1) is 0 Å². The fourth-order valence-electron chi connectivity index (χ4n) is 2.21. The zero-order valence-corrected chi connectivity index (χ0v) is 14.7. The lowest BCUT2D eigenvalue weighted by Crippen LogP contribution is -2.36. The van der Waals surface area contributed by atoms with Gasteiger partial charge in [-0.15, -0.1) is 0 Å². The summed E-state index contributed by atoms with van der Waals surface area (Å²) in [5, 5.41) is 2.76. The number of benzene rings is 2. The first-order valence-electron chi connectivity index (χ1n) is 8.30. The van der Waals surface area contributed by atoms with E-state index in [0.29, 0.717) is 17.9 Å². The van der Waals surface area contributed by atoms with Crippen molar-refractivity contribution < 1.29 is 19.1 Å². The number of hydrogen-bond donors (Lipinski definition) is 1. The van der Waals surface area contributed by atoms with Crippen molar-refractivity contribution in [3.8, 4) is 5.75 Å². The molecule has 2 aromatic carbocycles. The van der Waals surface area contributed by atoms with Crippen molar-refractivity contribution in [2.75, 3.05) is 5.32 Å². The Balaban J connectivity index is 1.93. The molecule has 0 aliphatic rings. The molecular formula is C20H23NO4. The van der Waals surface area contributed by atoms with Crippen LogP contribution in [0.1, 0.15) is 25.8 Å². The highest BCUT2D eigenvalue weighted by atomic mass is 16.6. The molecule has 0 aliphatic carbocycles. The Morgan fingerprint density at radius 3 is 2.32 bits per heavy atom. The number of rotatable bonds is 7. The van der Waals surface area contributed by atoms with Crippen LogP contribution in [0.25, 0.3) is 0 Å². The van der Waals surface area contributed by atoms with E-state index in [2.05, 4.69) is 5.32 Å². The van der Waals surface area contributed by atoms with Crippen molar-refractivity contribution in [2.24, 2.45) is 0 Å². The highest BCUT2D eigenvalue weighted by Crippen LogP contribution is 2.16. The van der Waals surface area contributed by atoms with E-state index < -0.39 is 18.2 Å². The molecule has 0 saturated heterocycles. The Morgan fingerprint density at radius 2 is 1.68 bits per heavy atom. The third-order valence-corrected chi connectivity index (χ3v) is 3.72. The van der Waals surface area contributed by atoms with Crippen molar-refractivity contribution in [3.63, 3.8) is 0 Å². The predicted molar refractivity (Wildman–Crippen MR) is 96.5 cm³/mol. The molecule has 0 spiro atoms. The number of nitrogens with one attached hydrogen (secondary N) is 1. The summed E-state index contributed by atoms with van der Waals surface area (Å²) in [5.41, 5.74) is 1.64. The minimum atomic E-state index is -0.916. The number of amides is 1. The first kappa shape index (κ1) is 18.5. The third kappa shape index (κ3) is 5.35. The molecule has 2 rings (SSSR count). The monoisotopic (exact) mass is 341 g/mol. The highest BCUT2D eigenvalue weighted by molar-refractivity contribution is 5.95. The normalized spacial score (nSPS) is 12.8. The summed E-state index contributed by atoms with van der Waals surface area (Å²) in [4.78, 5) is 24.5. The van der Waals surface area contributed by atoms with Crippen LogP contribution in [0.2, 0.25) is 0 Å². The molecule has 25 heavy (non-hydrogen) atoms. The summed E-state index contributed by atoms with van der Waals surface area (Å²) < 4.78 is 10.9. The molecule has 132 valence electrons. The van der Waals surface area contributed by atoms with E-state index in [1.54, 1.807) is 25.1 Å². The molecular weight excluding hydrogens is 318 g/mol. The van der Waals surface area contributed by atoms with Gasteiger partial charge in [0, 0.05) is 5.69 Å². The van der Waals surface area contributed by atoms with Crippen LogP contribution < -0.4 is 10.1 Å². The average Bonchev–Trinajstić information content (AvgIpc) is 2.62. The Kier molecular flexibility index (Phi) is 6.57. The van der Waals surface area contributed by atoms with E-state index in [1.165, 1.54) is 0 Å². The smallest absolute Gasteiger partial charge is 0.348 e. The molecule has 0 aromatic heterocycles. The van der Waals surface area contributed by atoms with Gasteiger partial charge in [-0.2, -0.15) is 0 Å². The van der Waals surface area contributed by atoms with Crippen LogP contribution in [0.3, 0.4) is 0 Å². The minimum Gasteiger partial charge on any atom is -0.479 e. The van der Waals surface area contributed by atoms with E-state index >= 15 is 0 Å². The van der Waals surface area contributed by atoms with E-state index in [9.17, 15) is 9.59 Å². The largest absolute Gasteiger partial charge is 0.479 e. The standard InChI is InChI=1S/C20H23NO4/c1-4-18(25-16-11-6-5-7-12-16)20(23)24-15(3)19(22)21-17-13-9-8-10-14(17)2/h5-13,15,18H,4H2,1-3H3,(H,21,22)/t15-,18-/m0/s1. The molecule has 0 heterocycles. The Morgan fingerprint density at radius 1 is 1.04 bits per heavy atom. The van der Waals surface area contributed by atoms with E-state index in [0.717, 1.165) is 5.56 Å². The maximum atomic E-state index is 12.3. The average molecular weight is 341 g/mol. The number of anilines is 1. The van der Waals surface area contributed by atoms with Gasteiger partial charge in [-0.05, 0) is 44.0 Å². The second-order valence-electron chi connectivity index (χ2n) is 5.71. The summed E-state index contributed by atoms with van der Waals surface area (Å²) in [6.45, 7) is 5.26. The molecule has 1 N–H and O–H groups in total. The van der Waals surface area contributed by atoms with Crippen molar-refractivity contribution in [1.82, 2.24) is 0 Å². The second-order valence-corrected chi connectivity index (χ2v) is 5.71. The van der Waals surface area contributed by atoms with Gasteiger partial charge in [0.1, 0.15) is 5.75 Å². The van der Waals surface area contributed by atoms with E-state index in [4.69, 9.17) is 9.47 Å². The quantitative estimate of drug-likeness (QED) is 0.780. The SMILES string of the molecule is CC[C@H](Oc1ccccc1)C(=O)O[C@@H](C)C(=O)Nc1ccccc1C. The van der Waals surface area contributed by atoms with Crippen molar-refractivity contribution in [2.45, 2.75) is 39.4 Å². The molecule has 0 radical (unpaired) electrons. The van der Waals surface area contributed by atoms with Crippen molar-refractivity contribution in [3.05, 3.63) is 60.2 Å². The van der Waals surface area contributed by atoms with Gasteiger partial charge < -0.3 is 14.8 Å². The zero-order valence-electron chi connectivity index (χ0n) is 14.7. The molecule has 0 fully saturated rings. The second kappa shape index (κ2) is 8.87. The number of carbonyl (C=O) groups excluding carboxylic acids is 2. The molecule has 2 aromatic rings. The van der Waals surface area contributed by atoms with Crippen LogP contribution in [-0.2, 0) is 14.3 Å². The topological polar surface area (TPSA) is 64.6 Å². The van der Waals surface area contributed by atoms with Crippen LogP contribution in [0, 0.1) is 6.92 Å². The van der Waals surface area contributed by atoms with Gasteiger partial charge in [0.15, 0.2) is 12.2 Å². The number of hydrogen-bond acceptors (Lipinski definition) is 4. The van der Waals surface area contributed by atoms with Gasteiger partial charge in [-0.25, -0.2) is 4.79 Å². The molecule has 0 bridgehead atoms. The fraction of sp³-hybridized carbons (Fsp3) is 0.300. The predicted octanol–water partition coefficient (Wildman–Crippen LogP) is 3.72. The third-order valence-electron chi connectivity index (χ3n) is 3.72. The molecule has 5 heteroatoms. The first-order valence-corrected chi connectivity index (χ1v) is 8.30. The highest BCUT2D eigenvalue weighted by Gasteiger charge is 2.25. The van der Waals surface area contributed by atoms with Crippen LogP contribution >= 0.6 is 0 Å². The van der Waals surface area contributed by atoms with Crippen molar-refractivity contribution >= 4 is 17.6 Å². The molecule has 0 aliphatic heterocycles. The lowest BCUT2D eigenvalue weighted by molar-refractivity contribution is -0.160. The fourth-order valence-corrected chi connectivity index (χ4v) is 2.21. The van der Waals surface area contributed by atoms with Crippen LogP contribution in [-0.4, -0.2) is 24.1 Å². The first-order chi connectivity index (χ1) is 12.0. The number of carbonyl (C=O) groups is 2. The number of ether oxygens (including phenoxy) is 2. The summed E-state index contributed by atoms with van der Waals surface area (Å²) in [7, 11) is 0. The number of aryl methyl sites for hydroxylation is 1. The lowest BCUT2D eigenvalue weighted by atomic mass is 10.2.